The second-order valence-electron chi connectivity index (χ2n) is 6.06. The number of amides is 2. The number of para-hydroxylation sites is 2. The van der Waals surface area contributed by atoms with Gasteiger partial charge < -0.3 is 4.57 Å². The van der Waals surface area contributed by atoms with Crippen LogP contribution >= 0.6 is 11.3 Å². The lowest BCUT2D eigenvalue weighted by molar-refractivity contribution is 0.0849. The fourth-order valence-corrected chi connectivity index (χ4v) is 3.72. The Labute approximate surface area is 163 Å². The van der Waals surface area contributed by atoms with E-state index >= 15 is 0 Å². The van der Waals surface area contributed by atoms with E-state index in [4.69, 9.17) is 0 Å². The van der Waals surface area contributed by atoms with Gasteiger partial charge in [-0.05, 0) is 48.5 Å². The Morgan fingerprint density at radius 1 is 0.964 bits per heavy atom. The Morgan fingerprint density at radius 3 is 2.43 bits per heavy atom. The summed E-state index contributed by atoms with van der Waals surface area (Å²) in [6.07, 6.45) is 0. The molecule has 0 saturated carbocycles. The second kappa shape index (κ2) is 7.24. The van der Waals surface area contributed by atoms with Gasteiger partial charge in [0.1, 0.15) is 5.82 Å². The Bertz CT molecular complexity index is 1180. The highest BCUT2D eigenvalue weighted by molar-refractivity contribution is 7.17. The maximum Gasteiger partial charge on any atom is 0.279 e. The number of benzene rings is 2. The predicted octanol–water partition coefficient (Wildman–Crippen LogP) is 3.52. The second-order valence-corrected chi connectivity index (χ2v) is 7.15. The highest BCUT2D eigenvalue weighted by Crippen LogP contribution is 2.29. The fourth-order valence-electron chi connectivity index (χ4n) is 2.79. The molecule has 28 heavy (non-hydrogen) atoms. The normalized spacial score (nSPS) is 10.8. The molecule has 0 saturated heterocycles. The minimum Gasteiger partial charge on any atom is -0.326 e. The zero-order valence-electron chi connectivity index (χ0n) is 14.8. The number of hydrogen-bond donors (Lipinski definition) is 2. The van der Waals surface area contributed by atoms with Gasteiger partial charge in [0.25, 0.3) is 11.8 Å². The summed E-state index contributed by atoms with van der Waals surface area (Å²) in [5.41, 5.74) is 6.82. The smallest absolute Gasteiger partial charge is 0.279 e. The van der Waals surface area contributed by atoms with Crippen LogP contribution in [0, 0.1) is 5.82 Å². The first kappa shape index (κ1) is 17.9. The van der Waals surface area contributed by atoms with E-state index in [1.165, 1.54) is 35.6 Å². The van der Waals surface area contributed by atoms with Crippen molar-refractivity contribution in [1.82, 2.24) is 20.4 Å². The van der Waals surface area contributed by atoms with Crippen molar-refractivity contribution in [2.75, 3.05) is 0 Å². The van der Waals surface area contributed by atoms with Crippen LogP contribution in [-0.2, 0) is 7.05 Å². The average molecular weight is 394 g/mol. The van der Waals surface area contributed by atoms with Gasteiger partial charge in [-0.3, -0.25) is 20.4 Å². The Kier molecular flexibility index (Phi) is 4.62. The van der Waals surface area contributed by atoms with Crippen molar-refractivity contribution < 1.29 is 14.0 Å². The van der Waals surface area contributed by atoms with Gasteiger partial charge in [-0.15, -0.1) is 11.3 Å². The van der Waals surface area contributed by atoms with Crippen LogP contribution in [0.25, 0.3) is 21.7 Å². The number of nitrogens with one attached hydrogen (secondary N) is 2. The van der Waals surface area contributed by atoms with Gasteiger partial charge in [-0.2, -0.15) is 0 Å². The summed E-state index contributed by atoms with van der Waals surface area (Å²) in [5, 5.41) is 0. The molecule has 140 valence electrons. The minimum absolute atomic E-state index is 0.244. The number of aryl methyl sites for hydroxylation is 1. The van der Waals surface area contributed by atoms with Crippen molar-refractivity contribution in [2.45, 2.75) is 0 Å². The zero-order valence-corrected chi connectivity index (χ0v) is 15.6. The SMILES string of the molecule is Cn1c(-c2ccc(C(=O)NNC(=O)c3ccc(F)cc3)s2)nc2ccccc21. The largest absolute Gasteiger partial charge is 0.326 e. The van der Waals surface area contributed by atoms with Gasteiger partial charge in [0.2, 0.25) is 0 Å². The highest BCUT2D eigenvalue weighted by atomic mass is 32.1. The maximum absolute atomic E-state index is 12.9. The van der Waals surface area contributed by atoms with Crippen LogP contribution in [-0.4, -0.2) is 21.4 Å². The van der Waals surface area contributed by atoms with E-state index in [9.17, 15) is 14.0 Å². The molecule has 0 aliphatic heterocycles. The Balaban J connectivity index is 1.47. The van der Waals surface area contributed by atoms with E-state index in [1.807, 2.05) is 41.9 Å². The molecule has 2 aromatic carbocycles. The number of carbonyl (C=O) groups excluding carboxylic acids is 2. The fraction of sp³-hybridized carbons (Fsp3) is 0.0500. The van der Waals surface area contributed by atoms with Gasteiger partial charge in [0.15, 0.2) is 5.82 Å². The van der Waals surface area contributed by atoms with Crippen LogP contribution in [0.2, 0.25) is 0 Å². The number of rotatable bonds is 3. The van der Waals surface area contributed by atoms with E-state index in [-0.39, 0.29) is 5.56 Å². The van der Waals surface area contributed by atoms with Crippen molar-refractivity contribution in [1.29, 1.82) is 0 Å². The highest BCUT2D eigenvalue weighted by Gasteiger charge is 2.15. The van der Waals surface area contributed by atoms with Crippen LogP contribution in [0.4, 0.5) is 4.39 Å². The third-order valence-corrected chi connectivity index (χ3v) is 5.31. The zero-order chi connectivity index (χ0) is 19.7. The molecular weight excluding hydrogens is 379 g/mol. The van der Waals surface area contributed by atoms with Crippen molar-refractivity contribution in [3.63, 3.8) is 0 Å². The number of hydrogen-bond acceptors (Lipinski definition) is 4. The van der Waals surface area contributed by atoms with Gasteiger partial charge in [0.05, 0.1) is 20.8 Å². The van der Waals surface area contributed by atoms with E-state index in [0.29, 0.717) is 4.88 Å². The Morgan fingerprint density at radius 2 is 1.68 bits per heavy atom. The van der Waals surface area contributed by atoms with E-state index < -0.39 is 17.6 Å². The summed E-state index contributed by atoms with van der Waals surface area (Å²) in [7, 11) is 1.92. The summed E-state index contributed by atoms with van der Waals surface area (Å²) in [6, 6.07) is 16.3. The molecule has 0 atom stereocenters. The molecule has 6 nitrogen and oxygen atoms in total. The molecule has 2 aromatic heterocycles. The Hall–Kier alpha value is -3.52. The quantitative estimate of drug-likeness (QED) is 0.522. The molecule has 0 aliphatic rings. The maximum atomic E-state index is 12.9. The monoisotopic (exact) mass is 394 g/mol. The number of aromatic nitrogens is 2. The molecule has 4 aromatic rings. The first-order chi connectivity index (χ1) is 13.5. The van der Waals surface area contributed by atoms with Gasteiger partial charge in [-0.1, -0.05) is 12.1 Å². The van der Waals surface area contributed by atoms with E-state index in [0.717, 1.165) is 21.7 Å². The van der Waals surface area contributed by atoms with Gasteiger partial charge >= 0.3 is 0 Å². The molecule has 2 N–H and O–H groups in total. The molecule has 0 bridgehead atoms. The molecular formula is C20H15FN4O2S. The molecule has 0 aliphatic carbocycles. The van der Waals surface area contributed by atoms with Crippen molar-refractivity contribution in [3.05, 3.63) is 76.9 Å². The lowest BCUT2D eigenvalue weighted by Gasteiger charge is -2.06. The minimum atomic E-state index is -0.527. The van der Waals surface area contributed by atoms with Crippen LogP contribution in [0.15, 0.2) is 60.7 Å². The van der Waals surface area contributed by atoms with Gasteiger partial charge in [-0.25, -0.2) is 9.37 Å². The molecule has 0 radical (unpaired) electrons. The number of carbonyl (C=O) groups is 2. The van der Waals surface area contributed by atoms with Crippen LogP contribution < -0.4 is 10.9 Å². The molecule has 4 rings (SSSR count). The topological polar surface area (TPSA) is 76.0 Å². The molecule has 8 heteroatoms. The van der Waals surface area contributed by atoms with Crippen molar-refractivity contribution in [2.24, 2.45) is 7.05 Å². The van der Waals surface area contributed by atoms with E-state index in [2.05, 4.69) is 15.8 Å². The molecule has 0 spiro atoms. The summed E-state index contributed by atoms with van der Waals surface area (Å²) >= 11 is 1.28. The standard InChI is InChI=1S/C20H15FN4O2S/c1-25-15-5-3-2-4-14(15)22-18(25)16-10-11-17(28-16)20(27)24-23-19(26)12-6-8-13(21)9-7-12/h2-11H,1H3,(H,23,26)(H,24,27). The summed E-state index contributed by atoms with van der Waals surface area (Å²) in [4.78, 5) is 30.2. The first-order valence-corrected chi connectivity index (χ1v) is 9.22. The summed E-state index contributed by atoms with van der Waals surface area (Å²) in [5.74, 6) is -0.639. The lowest BCUT2D eigenvalue weighted by Crippen LogP contribution is -2.41. The number of nitrogens with zero attached hydrogens (tertiary/aromatic N) is 2. The average Bonchev–Trinajstić information content (AvgIpc) is 3.32. The third kappa shape index (κ3) is 3.37. The molecule has 0 unspecified atom stereocenters. The predicted molar refractivity (Wildman–Crippen MR) is 105 cm³/mol. The lowest BCUT2D eigenvalue weighted by atomic mass is 10.2. The summed E-state index contributed by atoms with van der Waals surface area (Å²) < 4.78 is 14.9. The van der Waals surface area contributed by atoms with Crippen LogP contribution in [0.3, 0.4) is 0 Å². The molecule has 2 amide bonds. The van der Waals surface area contributed by atoms with Gasteiger partial charge in [0, 0.05) is 12.6 Å². The van der Waals surface area contributed by atoms with Crippen LogP contribution in [0.5, 0.6) is 0 Å². The number of thiophene rings is 1. The number of fused-ring (bicyclic) bond motifs is 1. The number of imidazole rings is 1. The summed E-state index contributed by atoms with van der Waals surface area (Å²) in [6.45, 7) is 0. The first-order valence-electron chi connectivity index (χ1n) is 8.41. The molecule has 2 heterocycles. The van der Waals surface area contributed by atoms with Crippen LogP contribution in [0.1, 0.15) is 20.0 Å². The van der Waals surface area contributed by atoms with E-state index in [1.54, 1.807) is 6.07 Å². The third-order valence-electron chi connectivity index (χ3n) is 4.23. The van der Waals surface area contributed by atoms with Crippen molar-refractivity contribution in [3.8, 4) is 10.7 Å². The number of halogens is 1. The number of hydrazine groups is 1. The van der Waals surface area contributed by atoms with Crippen molar-refractivity contribution >= 4 is 34.2 Å². The molecule has 0 fully saturated rings.